The highest BCUT2D eigenvalue weighted by Crippen LogP contribution is 2.10. The molecule has 0 aliphatic rings. The molecule has 0 aromatic heterocycles. The van der Waals surface area contributed by atoms with E-state index in [1.54, 1.807) is 0 Å². The summed E-state index contributed by atoms with van der Waals surface area (Å²) in [6, 6.07) is 4.26. The Morgan fingerprint density at radius 2 is 2.14 bits per heavy atom. The van der Waals surface area contributed by atoms with Crippen LogP contribution in [0.25, 0.3) is 0 Å². The summed E-state index contributed by atoms with van der Waals surface area (Å²) in [6.45, 7) is 5.13. The van der Waals surface area contributed by atoms with Crippen LogP contribution in [0.2, 0.25) is 0 Å². The standard InChI is InChI=1S/C17H23FN2O/c1-13(2)6-3-4-11-20-17(21)15-12-14(7-5-10-19)8-9-16(15)18/h8-9,12-13H,3-4,6,10-11,19H2,1-2H3,(H,20,21). The SMILES string of the molecule is CC(C)CCCCNC(=O)c1cc(C#CCN)ccc1F. The van der Waals surface area contributed by atoms with Gasteiger partial charge in [0.05, 0.1) is 12.1 Å². The summed E-state index contributed by atoms with van der Waals surface area (Å²) in [7, 11) is 0. The van der Waals surface area contributed by atoms with E-state index in [9.17, 15) is 9.18 Å². The van der Waals surface area contributed by atoms with Crippen LogP contribution in [-0.4, -0.2) is 19.0 Å². The number of amides is 1. The predicted molar refractivity (Wildman–Crippen MR) is 83.4 cm³/mol. The lowest BCUT2D eigenvalue weighted by Gasteiger charge is -2.07. The summed E-state index contributed by atoms with van der Waals surface area (Å²) in [4.78, 5) is 12.0. The fraction of sp³-hybridized carbons (Fsp3) is 0.471. The lowest BCUT2D eigenvalue weighted by atomic mass is 10.1. The van der Waals surface area contributed by atoms with E-state index in [0.717, 1.165) is 19.3 Å². The van der Waals surface area contributed by atoms with Gasteiger partial charge in [-0.1, -0.05) is 38.5 Å². The monoisotopic (exact) mass is 290 g/mol. The predicted octanol–water partition coefficient (Wildman–Crippen LogP) is 2.69. The van der Waals surface area contributed by atoms with Crippen LogP contribution in [0.15, 0.2) is 18.2 Å². The Labute approximate surface area is 126 Å². The van der Waals surface area contributed by atoms with Gasteiger partial charge in [-0.05, 0) is 30.5 Å². The molecular weight excluding hydrogens is 267 g/mol. The van der Waals surface area contributed by atoms with Crippen molar-refractivity contribution in [2.45, 2.75) is 33.1 Å². The van der Waals surface area contributed by atoms with Gasteiger partial charge in [-0.15, -0.1) is 0 Å². The summed E-state index contributed by atoms with van der Waals surface area (Å²) < 4.78 is 13.7. The summed E-state index contributed by atoms with van der Waals surface area (Å²) in [5.74, 6) is 5.21. The molecule has 3 N–H and O–H groups in total. The van der Waals surface area contributed by atoms with Gasteiger partial charge in [0, 0.05) is 12.1 Å². The van der Waals surface area contributed by atoms with E-state index in [1.165, 1.54) is 18.2 Å². The summed E-state index contributed by atoms with van der Waals surface area (Å²) in [6.07, 6.45) is 3.09. The first-order chi connectivity index (χ1) is 10.0. The first-order valence-electron chi connectivity index (χ1n) is 7.31. The van der Waals surface area contributed by atoms with Gasteiger partial charge >= 0.3 is 0 Å². The maximum Gasteiger partial charge on any atom is 0.254 e. The molecule has 0 saturated heterocycles. The van der Waals surface area contributed by atoms with Crippen molar-refractivity contribution in [3.05, 3.63) is 35.1 Å². The maximum atomic E-state index is 13.7. The third-order valence-electron chi connectivity index (χ3n) is 3.04. The van der Waals surface area contributed by atoms with E-state index in [1.807, 2.05) is 0 Å². The Morgan fingerprint density at radius 3 is 2.81 bits per heavy atom. The normalized spacial score (nSPS) is 10.1. The van der Waals surface area contributed by atoms with Crippen LogP contribution in [0, 0.1) is 23.6 Å². The number of hydrogen-bond donors (Lipinski definition) is 2. The Morgan fingerprint density at radius 1 is 1.38 bits per heavy atom. The highest BCUT2D eigenvalue weighted by molar-refractivity contribution is 5.94. The van der Waals surface area contributed by atoms with Crippen molar-refractivity contribution < 1.29 is 9.18 Å². The average Bonchev–Trinajstić information content (AvgIpc) is 2.45. The van der Waals surface area contributed by atoms with Crippen molar-refractivity contribution in [2.24, 2.45) is 11.7 Å². The quantitative estimate of drug-likeness (QED) is 0.625. The fourth-order valence-electron chi connectivity index (χ4n) is 1.90. The molecule has 0 saturated carbocycles. The summed E-state index contributed by atoms with van der Waals surface area (Å²) >= 11 is 0. The zero-order valence-electron chi connectivity index (χ0n) is 12.7. The Hall–Kier alpha value is -1.86. The van der Waals surface area contributed by atoms with Crippen molar-refractivity contribution in [2.75, 3.05) is 13.1 Å². The zero-order chi connectivity index (χ0) is 15.7. The van der Waals surface area contributed by atoms with E-state index in [0.29, 0.717) is 18.0 Å². The molecule has 0 fully saturated rings. The number of halogens is 1. The lowest BCUT2D eigenvalue weighted by Crippen LogP contribution is -2.25. The van der Waals surface area contributed by atoms with E-state index < -0.39 is 11.7 Å². The number of unbranched alkanes of at least 4 members (excludes halogenated alkanes) is 1. The van der Waals surface area contributed by atoms with Gasteiger partial charge < -0.3 is 11.1 Å². The second-order valence-electron chi connectivity index (χ2n) is 5.35. The molecular formula is C17H23FN2O. The number of rotatable bonds is 6. The van der Waals surface area contributed by atoms with Crippen LogP contribution in [0.5, 0.6) is 0 Å². The molecule has 0 spiro atoms. The second-order valence-corrected chi connectivity index (χ2v) is 5.35. The van der Waals surface area contributed by atoms with Gasteiger partial charge in [0.2, 0.25) is 0 Å². The van der Waals surface area contributed by atoms with E-state index in [4.69, 9.17) is 5.73 Å². The largest absolute Gasteiger partial charge is 0.352 e. The molecule has 1 aromatic carbocycles. The molecule has 1 aromatic rings. The third kappa shape index (κ3) is 6.42. The minimum absolute atomic E-state index is 0.0303. The highest BCUT2D eigenvalue weighted by atomic mass is 19.1. The fourth-order valence-corrected chi connectivity index (χ4v) is 1.90. The number of nitrogens with two attached hydrogens (primary N) is 1. The van der Waals surface area contributed by atoms with Gasteiger partial charge in [-0.3, -0.25) is 4.79 Å². The zero-order valence-corrected chi connectivity index (χ0v) is 12.7. The smallest absolute Gasteiger partial charge is 0.254 e. The van der Waals surface area contributed by atoms with Crippen molar-refractivity contribution in [3.8, 4) is 11.8 Å². The number of hydrogen-bond acceptors (Lipinski definition) is 2. The van der Waals surface area contributed by atoms with E-state index in [-0.39, 0.29) is 12.1 Å². The highest BCUT2D eigenvalue weighted by Gasteiger charge is 2.11. The molecule has 21 heavy (non-hydrogen) atoms. The Balaban J connectivity index is 2.57. The third-order valence-corrected chi connectivity index (χ3v) is 3.04. The molecule has 0 heterocycles. The molecule has 114 valence electrons. The van der Waals surface area contributed by atoms with Crippen LogP contribution in [0.3, 0.4) is 0 Å². The summed E-state index contributed by atoms with van der Waals surface area (Å²) in [5, 5.41) is 2.75. The molecule has 3 nitrogen and oxygen atoms in total. The molecule has 1 rings (SSSR count). The van der Waals surface area contributed by atoms with Gasteiger partial charge in [0.25, 0.3) is 5.91 Å². The van der Waals surface area contributed by atoms with Crippen LogP contribution in [0.4, 0.5) is 4.39 Å². The van der Waals surface area contributed by atoms with Crippen LogP contribution in [0.1, 0.15) is 49.0 Å². The van der Waals surface area contributed by atoms with Crippen LogP contribution in [-0.2, 0) is 0 Å². The first kappa shape index (κ1) is 17.2. The molecule has 0 bridgehead atoms. The van der Waals surface area contributed by atoms with E-state index >= 15 is 0 Å². The van der Waals surface area contributed by atoms with Gasteiger partial charge in [-0.2, -0.15) is 0 Å². The molecule has 4 heteroatoms. The minimum atomic E-state index is -0.534. The molecule has 0 atom stereocenters. The summed E-state index contributed by atoms with van der Waals surface area (Å²) in [5.41, 5.74) is 5.91. The average molecular weight is 290 g/mol. The van der Waals surface area contributed by atoms with Crippen molar-refractivity contribution in [3.63, 3.8) is 0 Å². The van der Waals surface area contributed by atoms with Crippen molar-refractivity contribution in [1.82, 2.24) is 5.32 Å². The van der Waals surface area contributed by atoms with E-state index in [2.05, 4.69) is 31.0 Å². The van der Waals surface area contributed by atoms with Crippen molar-refractivity contribution >= 4 is 5.91 Å². The number of carbonyl (C=O) groups is 1. The Bertz CT molecular complexity index is 529. The van der Waals surface area contributed by atoms with Crippen LogP contribution < -0.4 is 11.1 Å². The topological polar surface area (TPSA) is 55.1 Å². The lowest BCUT2D eigenvalue weighted by molar-refractivity contribution is 0.0949. The number of nitrogens with one attached hydrogen (secondary N) is 1. The molecule has 0 radical (unpaired) electrons. The molecule has 0 aliphatic carbocycles. The molecule has 0 unspecified atom stereocenters. The molecule has 0 aliphatic heterocycles. The first-order valence-corrected chi connectivity index (χ1v) is 7.31. The van der Waals surface area contributed by atoms with Gasteiger partial charge in [-0.25, -0.2) is 4.39 Å². The van der Waals surface area contributed by atoms with Gasteiger partial charge in [0.1, 0.15) is 5.82 Å². The molecule has 1 amide bonds. The Kier molecular flexibility index (Phi) is 7.49. The van der Waals surface area contributed by atoms with Crippen molar-refractivity contribution in [1.29, 1.82) is 0 Å². The number of benzene rings is 1. The minimum Gasteiger partial charge on any atom is -0.352 e. The van der Waals surface area contributed by atoms with Crippen LogP contribution >= 0.6 is 0 Å². The van der Waals surface area contributed by atoms with Gasteiger partial charge in [0.15, 0.2) is 0 Å². The number of carbonyl (C=O) groups excluding carboxylic acids is 1. The second kappa shape index (κ2) is 9.15. The maximum absolute atomic E-state index is 13.7.